The summed E-state index contributed by atoms with van der Waals surface area (Å²) in [6.07, 6.45) is 1.58. The predicted molar refractivity (Wildman–Crippen MR) is 121 cm³/mol. The van der Waals surface area contributed by atoms with Crippen molar-refractivity contribution in [2.75, 3.05) is 12.3 Å². The molecular weight excluding hydrogens is 454 g/mol. The summed E-state index contributed by atoms with van der Waals surface area (Å²) in [6.45, 7) is 4.97. The fraction of sp³-hybridized carbons (Fsp3) is 0.333. The summed E-state index contributed by atoms with van der Waals surface area (Å²) in [7, 11) is 0. The van der Waals surface area contributed by atoms with Crippen LogP contribution in [-0.2, 0) is 17.9 Å². The molecule has 0 spiro atoms. The summed E-state index contributed by atoms with van der Waals surface area (Å²) in [4.78, 5) is 23.9. The van der Waals surface area contributed by atoms with E-state index in [0.29, 0.717) is 46.5 Å². The third kappa shape index (κ3) is 7.31. The molecule has 3 aromatic rings. The molecule has 0 saturated heterocycles. The van der Waals surface area contributed by atoms with Crippen LogP contribution in [0.3, 0.4) is 0 Å². The molecule has 0 fully saturated rings. The van der Waals surface area contributed by atoms with E-state index in [1.54, 1.807) is 36.6 Å². The van der Waals surface area contributed by atoms with Gasteiger partial charge in [-0.25, -0.2) is 4.79 Å². The Bertz CT molecular complexity index is 1020. The molecule has 0 bridgehead atoms. The van der Waals surface area contributed by atoms with E-state index >= 15 is 0 Å². The summed E-state index contributed by atoms with van der Waals surface area (Å²) in [5.74, 6) is 1.78. The molecule has 9 nitrogen and oxygen atoms in total. The molecule has 170 valence electrons. The van der Waals surface area contributed by atoms with Crippen molar-refractivity contribution in [3.63, 3.8) is 0 Å². The first kappa shape index (κ1) is 23.7. The van der Waals surface area contributed by atoms with Gasteiger partial charge in [-0.05, 0) is 42.3 Å². The number of nitrogens with one attached hydrogen (secondary N) is 2. The van der Waals surface area contributed by atoms with Gasteiger partial charge in [-0.1, -0.05) is 37.2 Å². The van der Waals surface area contributed by atoms with Gasteiger partial charge in [0.2, 0.25) is 5.91 Å². The summed E-state index contributed by atoms with van der Waals surface area (Å²) in [5, 5.41) is 14.5. The highest BCUT2D eigenvalue weighted by atomic mass is 35.5. The number of carbonyl (C=O) groups excluding carboxylic acids is 2. The molecule has 11 heteroatoms. The van der Waals surface area contributed by atoms with Crippen molar-refractivity contribution in [3.8, 4) is 5.75 Å². The number of urea groups is 1. The first-order valence-electron chi connectivity index (χ1n) is 9.94. The van der Waals surface area contributed by atoms with Crippen LogP contribution in [0.15, 0.2) is 52.2 Å². The van der Waals surface area contributed by atoms with Gasteiger partial charge >= 0.3 is 6.03 Å². The second-order valence-electron chi connectivity index (χ2n) is 7.25. The van der Waals surface area contributed by atoms with Crippen molar-refractivity contribution >= 4 is 35.3 Å². The third-order valence-electron chi connectivity index (χ3n) is 4.13. The van der Waals surface area contributed by atoms with E-state index in [2.05, 4.69) is 20.8 Å². The van der Waals surface area contributed by atoms with E-state index < -0.39 is 11.9 Å². The van der Waals surface area contributed by atoms with Crippen LogP contribution in [0.1, 0.15) is 25.4 Å². The highest BCUT2D eigenvalue weighted by molar-refractivity contribution is 7.99. The molecule has 0 atom stereocenters. The van der Waals surface area contributed by atoms with Crippen molar-refractivity contribution < 1.29 is 18.7 Å². The fourth-order valence-corrected chi connectivity index (χ4v) is 3.44. The number of halogens is 1. The average molecular weight is 478 g/mol. The van der Waals surface area contributed by atoms with Crippen molar-refractivity contribution in [1.82, 2.24) is 25.4 Å². The van der Waals surface area contributed by atoms with Crippen LogP contribution in [0.4, 0.5) is 4.79 Å². The molecule has 3 rings (SSSR count). The quantitative estimate of drug-likeness (QED) is 0.428. The minimum atomic E-state index is -0.515. The van der Waals surface area contributed by atoms with Crippen LogP contribution in [-0.4, -0.2) is 39.0 Å². The Balaban J connectivity index is 1.63. The maximum Gasteiger partial charge on any atom is 0.321 e. The highest BCUT2D eigenvalue weighted by Crippen LogP contribution is 2.21. The number of ether oxygens (including phenoxy) is 1. The second kappa shape index (κ2) is 11.6. The normalized spacial score (nSPS) is 10.9. The average Bonchev–Trinajstić information content (AvgIpc) is 3.41. The minimum absolute atomic E-state index is 0.00340. The number of rotatable bonds is 10. The second-order valence-corrected chi connectivity index (χ2v) is 8.63. The topological polar surface area (TPSA) is 111 Å². The van der Waals surface area contributed by atoms with Gasteiger partial charge in [-0.15, -0.1) is 10.2 Å². The Labute approximate surface area is 194 Å². The standard InChI is InChI=1S/C21H24ClN5O4S/c1-14(2)10-23-20(29)24-19(28)13-32-21-26-25-18(27(21)11-17-4-3-9-30-17)12-31-16-7-5-15(22)6-8-16/h3-9,14H,10-13H2,1-2H3,(H2,23,24,28,29). The smallest absolute Gasteiger partial charge is 0.321 e. The van der Waals surface area contributed by atoms with Gasteiger partial charge in [0.05, 0.1) is 18.6 Å². The lowest BCUT2D eigenvalue weighted by molar-refractivity contribution is -0.117. The van der Waals surface area contributed by atoms with Crippen LogP contribution < -0.4 is 15.4 Å². The number of furan rings is 1. The van der Waals surface area contributed by atoms with Gasteiger partial charge < -0.3 is 14.5 Å². The molecule has 2 N–H and O–H groups in total. The molecule has 3 amide bonds. The predicted octanol–water partition coefficient (Wildman–Crippen LogP) is 3.73. The summed E-state index contributed by atoms with van der Waals surface area (Å²) in [5.41, 5.74) is 0. The van der Waals surface area contributed by atoms with Crippen LogP contribution in [0.25, 0.3) is 0 Å². The molecule has 2 aromatic heterocycles. The molecule has 0 radical (unpaired) electrons. The van der Waals surface area contributed by atoms with Gasteiger partial charge in [-0.2, -0.15) is 0 Å². The van der Waals surface area contributed by atoms with E-state index in [1.807, 2.05) is 24.5 Å². The van der Waals surface area contributed by atoms with Crippen molar-refractivity contribution in [2.24, 2.45) is 5.92 Å². The van der Waals surface area contributed by atoms with Crippen LogP contribution in [0.5, 0.6) is 5.75 Å². The van der Waals surface area contributed by atoms with Crippen molar-refractivity contribution in [3.05, 3.63) is 59.3 Å². The van der Waals surface area contributed by atoms with Crippen molar-refractivity contribution in [1.29, 1.82) is 0 Å². The van der Waals surface area contributed by atoms with E-state index in [-0.39, 0.29) is 12.4 Å². The Morgan fingerprint density at radius 1 is 1.22 bits per heavy atom. The fourth-order valence-electron chi connectivity index (χ4n) is 2.56. The molecule has 1 aromatic carbocycles. The molecule has 0 saturated carbocycles. The van der Waals surface area contributed by atoms with Crippen LogP contribution in [0, 0.1) is 5.92 Å². The zero-order valence-electron chi connectivity index (χ0n) is 17.7. The van der Waals surface area contributed by atoms with Gasteiger partial charge in [0.1, 0.15) is 18.1 Å². The summed E-state index contributed by atoms with van der Waals surface area (Å²) >= 11 is 7.08. The number of benzene rings is 1. The number of hydrogen-bond acceptors (Lipinski definition) is 7. The first-order chi connectivity index (χ1) is 15.4. The van der Waals surface area contributed by atoms with Crippen LogP contribution >= 0.6 is 23.4 Å². The number of thioether (sulfide) groups is 1. The monoisotopic (exact) mass is 477 g/mol. The zero-order chi connectivity index (χ0) is 22.9. The largest absolute Gasteiger partial charge is 0.486 e. The van der Waals surface area contributed by atoms with Gasteiger partial charge in [0, 0.05) is 11.6 Å². The minimum Gasteiger partial charge on any atom is -0.486 e. The number of nitrogens with zero attached hydrogens (tertiary/aromatic N) is 3. The lowest BCUT2D eigenvalue weighted by Gasteiger charge is -2.10. The maximum atomic E-state index is 12.1. The molecule has 2 heterocycles. The molecule has 0 aliphatic heterocycles. The maximum absolute atomic E-state index is 12.1. The first-order valence-corrected chi connectivity index (χ1v) is 11.3. The van der Waals surface area contributed by atoms with Gasteiger partial charge in [-0.3, -0.25) is 14.7 Å². The van der Waals surface area contributed by atoms with E-state index in [9.17, 15) is 9.59 Å². The molecule has 32 heavy (non-hydrogen) atoms. The Morgan fingerprint density at radius 3 is 2.69 bits per heavy atom. The molecular formula is C21H24ClN5O4S. The number of carbonyl (C=O) groups is 2. The molecule has 0 unspecified atom stereocenters. The van der Waals surface area contributed by atoms with Gasteiger partial charge in [0.15, 0.2) is 11.0 Å². The molecule has 0 aliphatic rings. The Morgan fingerprint density at radius 2 is 2.00 bits per heavy atom. The number of imide groups is 1. The zero-order valence-corrected chi connectivity index (χ0v) is 19.3. The number of amides is 3. The number of aromatic nitrogens is 3. The lowest BCUT2D eigenvalue weighted by atomic mass is 10.2. The van der Waals surface area contributed by atoms with E-state index in [4.69, 9.17) is 20.8 Å². The molecule has 0 aliphatic carbocycles. The van der Waals surface area contributed by atoms with Crippen LogP contribution in [0.2, 0.25) is 5.02 Å². The third-order valence-corrected chi connectivity index (χ3v) is 5.34. The summed E-state index contributed by atoms with van der Waals surface area (Å²) < 4.78 is 13.0. The van der Waals surface area contributed by atoms with E-state index in [1.165, 1.54) is 11.8 Å². The highest BCUT2D eigenvalue weighted by Gasteiger charge is 2.17. The Hall–Kier alpha value is -2.98. The lowest BCUT2D eigenvalue weighted by Crippen LogP contribution is -2.41. The SMILES string of the molecule is CC(C)CNC(=O)NC(=O)CSc1nnc(COc2ccc(Cl)cc2)n1Cc1ccco1. The van der Waals surface area contributed by atoms with E-state index in [0.717, 1.165) is 0 Å². The number of hydrogen-bond donors (Lipinski definition) is 2. The summed E-state index contributed by atoms with van der Waals surface area (Å²) in [6, 6.07) is 10.1. The van der Waals surface area contributed by atoms with Crippen molar-refractivity contribution in [2.45, 2.75) is 32.2 Å². The Kier molecular flexibility index (Phi) is 8.57. The van der Waals surface area contributed by atoms with Gasteiger partial charge in [0.25, 0.3) is 0 Å².